The highest BCUT2D eigenvalue weighted by Gasteiger charge is 2.33. The summed E-state index contributed by atoms with van der Waals surface area (Å²) in [5, 5.41) is 3.78. The lowest BCUT2D eigenvalue weighted by Crippen LogP contribution is -2.48. The zero-order chi connectivity index (χ0) is 19.2. The van der Waals surface area contributed by atoms with Crippen LogP contribution in [-0.2, 0) is 23.6 Å². The second kappa shape index (κ2) is 6.74. The molecule has 1 aromatic carbocycles. The molecule has 0 saturated carbocycles. The van der Waals surface area contributed by atoms with E-state index >= 15 is 0 Å². The molecule has 1 aliphatic rings. The fourth-order valence-electron chi connectivity index (χ4n) is 3.64. The van der Waals surface area contributed by atoms with E-state index in [0.717, 1.165) is 16.9 Å². The predicted octanol–water partition coefficient (Wildman–Crippen LogP) is 1.68. The van der Waals surface area contributed by atoms with E-state index in [9.17, 15) is 8.42 Å². The number of rotatable bonds is 4. The smallest absolute Gasteiger partial charge is 0.248 e. The predicted molar refractivity (Wildman–Crippen MR) is 101 cm³/mol. The van der Waals surface area contributed by atoms with E-state index in [0.29, 0.717) is 44.2 Å². The van der Waals surface area contributed by atoms with Gasteiger partial charge in [-0.05, 0) is 26.0 Å². The molecule has 0 bridgehead atoms. The lowest BCUT2D eigenvalue weighted by molar-refractivity contribution is 0.177. The number of sulfonamides is 1. The first-order valence-electron chi connectivity index (χ1n) is 8.93. The first-order valence-corrected chi connectivity index (χ1v) is 10.4. The van der Waals surface area contributed by atoms with Gasteiger partial charge in [-0.25, -0.2) is 13.4 Å². The molecule has 4 rings (SSSR count). The van der Waals surface area contributed by atoms with E-state index < -0.39 is 10.0 Å². The van der Waals surface area contributed by atoms with Gasteiger partial charge >= 0.3 is 0 Å². The Bertz CT molecular complexity index is 1060. The van der Waals surface area contributed by atoms with Crippen molar-refractivity contribution in [3.63, 3.8) is 0 Å². The first-order chi connectivity index (χ1) is 12.9. The normalized spacial score (nSPS) is 17.0. The Balaban J connectivity index is 1.47. The van der Waals surface area contributed by atoms with Crippen LogP contribution >= 0.6 is 0 Å². The summed E-state index contributed by atoms with van der Waals surface area (Å²) in [6.07, 6.45) is 0. The van der Waals surface area contributed by atoms with Crippen molar-refractivity contribution in [3.8, 4) is 0 Å². The van der Waals surface area contributed by atoms with E-state index in [2.05, 4.69) is 20.7 Å². The van der Waals surface area contributed by atoms with Gasteiger partial charge in [-0.1, -0.05) is 17.3 Å². The molecule has 0 amide bonds. The number of para-hydroxylation sites is 2. The van der Waals surface area contributed by atoms with Crippen LogP contribution in [-0.4, -0.2) is 58.5 Å². The molecule has 1 saturated heterocycles. The highest BCUT2D eigenvalue weighted by atomic mass is 32.2. The summed E-state index contributed by atoms with van der Waals surface area (Å²) >= 11 is 0. The Hall–Kier alpha value is -2.23. The molecule has 0 unspecified atom stereocenters. The third-order valence-electron chi connectivity index (χ3n) is 5.14. The number of piperazine rings is 1. The Morgan fingerprint density at radius 1 is 1.11 bits per heavy atom. The molecule has 1 fully saturated rings. The van der Waals surface area contributed by atoms with Crippen LogP contribution < -0.4 is 0 Å². The number of benzene rings is 1. The SMILES string of the molecule is Cc1noc(C)c1S(=O)(=O)N1CCN(Cc2nc3ccccc3n2C)CC1. The molecule has 0 N–H and O–H groups in total. The zero-order valence-electron chi connectivity index (χ0n) is 15.7. The Kier molecular flexibility index (Phi) is 4.53. The Morgan fingerprint density at radius 3 is 2.44 bits per heavy atom. The molecular weight excluding hydrogens is 366 g/mol. The van der Waals surface area contributed by atoms with Gasteiger partial charge in [0.15, 0.2) is 5.76 Å². The second-order valence-electron chi connectivity index (χ2n) is 6.91. The van der Waals surface area contributed by atoms with Gasteiger partial charge in [-0.3, -0.25) is 4.90 Å². The van der Waals surface area contributed by atoms with Crippen LogP contribution in [0, 0.1) is 13.8 Å². The highest BCUT2D eigenvalue weighted by Crippen LogP contribution is 2.24. The first kappa shape index (κ1) is 18.1. The number of imidazole rings is 1. The van der Waals surface area contributed by atoms with Crippen LogP contribution in [0.4, 0.5) is 0 Å². The summed E-state index contributed by atoms with van der Waals surface area (Å²) in [5.41, 5.74) is 2.50. The van der Waals surface area contributed by atoms with Crippen molar-refractivity contribution in [2.45, 2.75) is 25.3 Å². The quantitative estimate of drug-likeness (QED) is 0.675. The number of hydrogen-bond acceptors (Lipinski definition) is 6. The summed E-state index contributed by atoms with van der Waals surface area (Å²) < 4.78 is 34.5. The van der Waals surface area contributed by atoms with Crippen LogP contribution in [0.15, 0.2) is 33.7 Å². The number of hydrogen-bond donors (Lipinski definition) is 0. The number of fused-ring (bicyclic) bond motifs is 1. The summed E-state index contributed by atoms with van der Waals surface area (Å²) in [5.74, 6) is 1.33. The van der Waals surface area contributed by atoms with Crippen molar-refractivity contribution in [3.05, 3.63) is 41.5 Å². The molecule has 9 heteroatoms. The number of aromatic nitrogens is 3. The molecule has 0 atom stereocenters. The van der Waals surface area contributed by atoms with E-state index in [1.54, 1.807) is 13.8 Å². The number of aryl methyl sites for hydroxylation is 3. The van der Waals surface area contributed by atoms with Gasteiger partial charge in [-0.15, -0.1) is 0 Å². The van der Waals surface area contributed by atoms with E-state index in [-0.39, 0.29) is 4.90 Å². The maximum atomic E-state index is 12.9. The van der Waals surface area contributed by atoms with Gasteiger partial charge in [0.1, 0.15) is 16.4 Å². The molecule has 8 nitrogen and oxygen atoms in total. The molecule has 27 heavy (non-hydrogen) atoms. The lowest BCUT2D eigenvalue weighted by atomic mass is 10.3. The second-order valence-corrected chi connectivity index (χ2v) is 8.78. The van der Waals surface area contributed by atoms with Crippen LogP contribution in [0.3, 0.4) is 0 Å². The maximum Gasteiger partial charge on any atom is 0.248 e. The number of nitrogens with zero attached hydrogens (tertiary/aromatic N) is 5. The van der Waals surface area contributed by atoms with Gasteiger partial charge in [0, 0.05) is 33.2 Å². The minimum atomic E-state index is -3.58. The largest absolute Gasteiger partial charge is 0.360 e. The monoisotopic (exact) mass is 389 g/mol. The van der Waals surface area contributed by atoms with Crippen molar-refractivity contribution < 1.29 is 12.9 Å². The van der Waals surface area contributed by atoms with E-state index in [1.807, 2.05) is 25.2 Å². The van der Waals surface area contributed by atoms with Crippen molar-refractivity contribution in [1.29, 1.82) is 0 Å². The fourth-order valence-corrected chi connectivity index (χ4v) is 5.35. The molecule has 3 aromatic rings. The molecule has 0 aliphatic carbocycles. The van der Waals surface area contributed by atoms with E-state index in [1.165, 1.54) is 4.31 Å². The van der Waals surface area contributed by atoms with Crippen molar-refractivity contribution in [2.75, 3.05) is 26.2 Å². The average molecular weight is 389 g/mol. The van der Waals surface area contributed by atoms with Crippen LogP contribution in [0.2, 0.25) is 0 Å². The molecule has 3 heterocycles. The van der Waals surface area contributed by atoms with E-state index in [4.69, 9.17) is 9.51 Å². The molecular formula is C18H23N5O3S. The lowest BCUT2D eigenvalue weighted by Gasteiger charge is -2.33. The van der Waals surface area contributed by atoms with Gasteiger partial charge in [0.25, 0.3) is 0 Å². The van der Waals surface area contributed by atoms with Gasteiger partial charge in [0.2, 0.25) is 10.0 Å². The molecule has 0 spiro atoms. The molecule has 1 aliphatic heterocycles. The van der Waals surface area contributed by atoms with Crippen LogP contribution in [0.5, 0.6) is 0 Å². The average Bonchev–Trinajstić information content (AvgIpc) is 3.15. The van der Waals surface area contributed by atoms with Gasteiger partial charge in [0.05, 0.1) is 17.6 Å². The maximum absolute atomic E-state index is 12.9. The van der Waals surface area contributed by atoms with Gasteiger partial charge in [-0.2, -0.15) is 4.31 Å². The highest BCUT2D eigenvalue weighted by molar-refractivity contribution is 7.89. The third-order valence-corrected chi connectivity index (χ3v) is 7.29. The van der Waals surface area contributed by atoms with Crippen molar-refractivity contribution >= 4 is 21.1 Å². The third kappa shape index (κ3) is 3.15. The standard InChI is InChI=1S/C18H23N5O3S/c1-13-18(14(2)26-20-13)27(24,25)23-10-8-22(9-11-23)12-17-19-15-6-4-5-7-16(15)21(17)3/h4-7H,8-12H2,1-3H3. The topological polar surface area (TPSA) is 84.5 Å². The fraction of sp³-hybridized carbons (Fsp3) is 0.444. The van der Waals surface area contributed by atoms with Crippen molar-refractivity contribution in [1.82, 2.24) is 23.9 Å². The molecule has 0 radical (unpaired) electrons. The summed E-state index contributed by atoms with van der Waals surface area (Å²) in [6.45, 7) is 6.19. The Labute approximate surface area is 158 Å². The molecule has 144 valence electrons. The summed E-state index contributed by atoms with van der Waals surface area (Å²) in [6, 6.07) is 8.05. The van der Waals surface area contributed by atoms with Gasteiger partial charge < -0.3 is 9.09 Å². The summed E-state index contributed by atoms with van der Waals surface area (Å²) in [7, 11) is -1.56. The zero-order valence-corrected chi connectivity index (χ0v) is 16.5. The van der Waals surface area contributed by atoms with Crippen molar-refractivity contribution in [2.24, 2.45) is 7.05 Å². The minimum Gasteiger partial charge on any atom is -0.360 e. The van der Waals surface area contributed by atoms with Crippen LogP contribution in [0.1, 0.15) is 17.3 Å². The van der Waals surface area contributed by atoms with Crippen LogP contribution in [0.25, 0.3) is 11.0 Å². The molecule has 2 aromatic heterocycles. The Morgan fingerprint density at radius 2 is 1.81 bits per heavy atom. The minimum absolute atomic E-state index is 0.200. The summed E-state index contributed by atoms with van der Waals surface area (Å²) in [4.78, 5) is 7.14.